The average Bonchev–Trinajstić information content (AvgIpc) is 3.15. The van der Waals surface area contributed by atoms with Crippen LogP contribution in [-0.2, 0) is 4.74 Å². The van der Waals surface area contributed by atoms with E-state index in [0.29, 0.717) is 33.5 Å². The molecule has 0 unspecified atom stereocenters. The first-order valence-electron chi connectivity index (χ1n) is 9.60. The van der Waals surface area contributed by atoms with Crippen molar-refractivity contribution in [1.82, 2.24) is 10.4 Å². The Morgan fingerprint density at radius 2 is 2.07 bits per heavy atom. The summed E-state index contributed by atoms with van der Waals surface area (Å²) in [6.45, 7) is 10.5. The number of carbonyl (C=O) groups is 1. The Bertz CT molecular complexity index is 957. The number of carbonyl (C=O) groups excluding carboxylic acids is 1. The fourth-order valence-corrected chi connectivity index (χ4v) is 3.31. The van der Waals surface area contributed by atoms with Gasteiger partial charge in [0.2, 0.25) is 0 Å². The van der Waals surface area contributed by atoms with Crippen molar-refractivity contribution >= 4 is 29.0 Å². The maximum Gasteiger partial charge on any atom is 0.283 e. The molecule has 0 atom stereocenters. The van der Waals surface area contributed by atoms with E-state index < -0.39 is 0 Å². The van der Waals surface area contributed by atoms with Crippen LogP contribution in [-0.4, -0.2) is 30.8 Å². The molecule has 1 aromatic heterocycles. The number of aromatic nitrogens is 1. The molecule has 30 heavy (non-hydrogen) atoms. The molecular weight excluding hydrogens is 398 g/mol. The van der Waals surface area contributed by atoms with E-state index in [0.717, 1.165) is 17.7 Å². The van der Waals surface area contributed by atoms with Crippen LogP contribution in [0.2, 0.25) is 0 Å². The number of rotatable bonds is 10. The van der Waals surface area contributed by atoms with E-state index in [9.17, 15) is 4.79 Å². The van der Waals surface area contributed by atoms with Gasteiger partial charge in [0.1, 0.15) is 21.4 Å². The van der Waals surface area contributed by atoms with Gasteiger partial charge in [-0.05, 0) is 56.2 Å². The average molecular weight is 426 g/mol. The zero-order valence-electron chi connectivity index (χ0n) is 17.8. The molecule has 1 heterocycles. The van der Waals surface area contributed by atoms with Gasteiger partial charge in [0.05, 0.1) is 25.6 Å². The summed E-state index contributed by atoms with van der Waals surface area (Å²) in [5, 5.41) is 4.67. The lowest BCUT2D eigenvalue weighted by molar-refractivity contribution is 0.0958. The highest BCUT2D eigenvalue weighted by atomic mass is 32.1. The summed E-state index contributed by atoms with van der Waals surface area (Å²) in [7, 11) is 1.61. The minimum Gasteiger partial charge on any atom is -0.497 e. The second kappa shape index (κ2) is 11.7. The number of hydrogen-bond donors (Lipinski definition) is 1. The molecule has 2 rings (SSSR count). The first kappa shape index (κ1) is 23.1. The van der Waals surface area contributed by atoms with Gasteiger partial charge in [-0.15, -0.1) is 11.3 Å². The van der Waals surface area contributed by atoms with E-state index >= 15 is 0 Å². The SMILES string of the molecule is C=C(/C(=C\C=C/C)OCCC)c1nc(C)c(C(=O)N/N=C/c2ccc(OC)cc2)s1. The number of allylic oxidation sites excluding steroid dienone is 4. The first-order chi connectivity index (χ1) is 14.5. The Morgan fingerprint density at radius 1 is 1.33 bits per heavy atom. The molecule has 1 amide bonds. The number of nitrogens with one attached hydrogen (secondary N) is 1. The predicted molar refractivity (Wildman–Crippen MR) is 123 cm³/mol. The molecule has 6 nitrogen and oxygen atoms in total. The van der Waals surface area contributed by atoms with Gasteiger partial charge in [0, 0.05) is 5.57 Å². The fourth-order valence-electron chi connectivity index (χ4n) is 2.38. The minimum absolute atomic E-state index is 0.317. The molecule has 1 aromatic carbocycles. The van der Waals surface area contributed by atoms with Crippen molar-refractivity contribution in [3.63, 3.8) is 0 Å². The molecule has 0 bridgehead atoms. The van der Waals surface area contributed by atoms with Gasteiger partial charge in [0.25, 0.3) is 5.91 Å². The molecule has 1 N–H and O–H groups in total. The molecular formula is C23H27N3O3S. The molecule has 0 radical (unpaired) electrons. The van der Waals surface area contributed by atoms with Crippen molar-refractivity contribution in [2.75, 3.05) is 13.7 Å². The Morgan fingerprint density at radius 3 is 2.70 bits per heavy atom. The maximum absolute atomic E-state index is 12.5. The van der Waals surface area contributed by atoms with E-state index in [2.05, 4.69) is 22.1 Å². The van der Waals surface area contributed by atoms with Gasteiger partial charge < -0.3 is 9.47 Å². The maximum atomic E-state index is 12.5. The molecule has 0 spiro atoms. The lowest BCUT2D eigenvalue weighted by Gasteiger charge is -2.09. The monoisotopic (exact) mass is 425 g/mol. The minimum atomic E-state index is -0.317. The Labute approximate surface area is 181 Å². The van der Waals surface area contributed by atoms with Crippen LogP contribution in [0.5, 0.6) is 5.75 Å². The number of ether oxygens (including phenoxy) is 2. The molecule has 7 heteroatoms. The number of nitrogens with zero attached hydrogens (tertiary/aromatic N) is 2. The van der Waals surface area contributed by atoms with Crippen LogP contribution < -0.4 is 10.2 Å². The molecule has 0 saturated heterocycles. The lowest BCUT2D eigenvalue weighted by Crippen LogP contribution is -2.17. The van der Waals surface area contributed by atoms with Crippen LogP contribution >= 0.6 is 11.3 Å². The Hall–Kier alpha value is -3.19. The van der Waals surface area contributed by atoms with E-state index in [-0.39, 0.29) is 5.91 Å². The zero-order valence-corrected chi connectivity index (χ0v) is 18.6. The van der Waals surface area contributed by atoms with Crippen LogP contribution in [0.4, 0.5) is 0 Å². The number of aryl methyl sites for hydroxylation is 1. The second-order valence-electron chi connectivity index (χ2n) is 6.29. The van der Waals surface area contributed by atoms with Crippen molar-refractivity contribution in [2.24, 2.45) is 5.10 Å². The highest BCUT2D eigenvalue weighted by Crippen LogP contribution is 2.29. The molecule has 0 aliphatic heterocycles. The summed E-state index contributed by atoms with van der Waals surface area (Å²) in [6, 6.07) is 7.36. The second-order valence-corrected chi connectivity index (χ2v) is 7.29. The largest absolute Gasteiger partial charge is 0.497 e. The standard InChI is InChI=1S/C23H27N3O3S/c1-6-8-9-20(29-14-7-2)16(3)23-25-17(4)21(30-23)22(27)26-24-15-18-10-12-19(28-5)13-11-18/h6,8-13,15H,3,7,14H2,1-2,4-5H3,(H,26,27)/b8-6-,20-9+,24-15+. The van der Waals surface area contributed by atoms with Gasteiger partial charge in [0.15, 0.2) is 0 Å². The highest BCUT2D eigenvalue weighted by Gasteiger charge is 2.18. The van der Waals surface area contributed by atoms with E-state index in [1.165, 1.54) is 11.3 Å². The number of methoxy groups -OCH3 is 1. The predicted octanol–water partition coefficient (Wildman–Crippen LogP) is 5.12. The summed E-state index contributed by atoms with van der Waals surface area (Å²) >= 11 is 1.26. The van der Waals surface area contributed by atoms with E-state index in [4.69, 9.17) is 9.47 Å². The molecule has 0 fully saturated rings. The van der Waals surface area contributed by atoms with Crippen LogP contribution in [0, 0.1) is 6.92 Å². The summed E-state index contributed by atoms with van der Waals surface area (Å²) in [5.41, 5.74) is 4.66. The third-order valence-corrected chi connectivity index (χ3v) is 5.17. The van der Waals surface area contributed by atoms with Crippen LogP contribution in [0.3, 0.4) is 0 Å². The fraction of sp³-hybridized carbons (Fsp3) is 0.261. The van der Waals surface area contributed by atoms with Gasteiger partial charge in [-0.3, -0.25) is 4.79 Å². The zero-order chi connectivity index (χ0) is 21.9. The van der Waals surface area contributed by atoms with Crippen molar-refractivity contribution < 1.29 is 14.3 Å². The molecule has 2 aromatic rings. The number of amides is 1. The van der Waals surface area contributed by atoms with Crippen molar-refractivity contribution in [3.8, 4) is 5.75 Å². The van der Waals surface area contributed by atoms with Crippen molar-refractivity contribution in [2.45, 2.75) is 27.2 Å². The summed E-state index contributed by atoms with van der Waals surface area (Å²) in [4.78, 5) is 17.5. The topological polar surface area (TPSA) is 72.8 Å². The van der Waals surface area contributed by atoms with Gasteiger partial charge in [-0.25, -0.2) is 10.4 Å². The number of thiazole rings is 1. The van der Waals surface area contributed by atoms with Crippen LogP contribution in [0.1, 0.15) is 46.2 Å². The van der Waals surface area contributed by atoms with Crippen molar-refractivity contribution in [3.05, 3.63) is 76.0 Å². The molecule has 0 aliphatic rings. The number of hydrogen-bond acceptors (Lipinski definition) is 6. The van der Waals surface area contributed by atoms with E-state index in [1.54, 1.807) is 20.2 Å². The quantitative estimate of drug-likeness (QED) is 0.248. The summed E-state index contributed by atoms with van der Waals surface area (Å²) in [5.74, 6) is 1.09. The third-order valence-electron chi connectivity index (χ3n) is 3.96. The third kappa shape index (κ3) is 6.42. The van der Waals surface area contributed by atoms with Crippen LogP contribution in [0.15, 0.2) is 59.9 Å². The Balaban J connectivity index is 2.10. The summed E-state index contributed by atoms with van der Waals surface area (Å²) < 4.78 is 10.9. The lowest BCUT2D eigenvalue weighted by atomic mass is 10.2. The number of benzene rings is 1. The van der Waals surface area contributed by atoms with Crippen LogP contribution in [0.25, 0.3) is 5.57 Å². The normalized spacial score (nSPS) is 11.8. The van der Waals surface area contributed by atoms with Crippen molar-refractivity contribution in [1.29, 1.82) is 0 Å². The molecule has 0 saturated carbocycles. The molecule has 0 aliphatic carbocycles. The highest BCUT2D eigenvalue weighted by molar-refractivity contribution is 7.14. The summed E-state index contributed by atoms with van der Waals surface area (Å²) in [6.07, 6.45) is 8.11. The first-order valence-corrected chi connectivity index (χ1v) is 10.4. The number of hydrazone groups is 1. The van der Waals surface area contributed by atoms with Gasteiger partial charge in [-0.2, -0.15) is 5.10 Å². The molecule has 158 valence electrons. The van der Waals surface area contributed by atoms with Gasteiger partial charge in [-0.1, -0.05) is 25.7 Å². The van der Waals surface area contributed by atoms with E-state index in [1.807, 2.05) is 56.3 Å². The smallest absolute Gasteiger partial charge is 0.283 e. The Kier molecular flexibility index (Phi) is 9.03. The van der Waals surface area contributed by atoms with Gasteiger partial charge >= 0.3 is 0 Å².